The van der Waals surface area contributed by atoms with Gasteiger partial charge in [0.2, 0.25) is 0 Å². The maximum Gasteiger partial charge on any atom is 0.128 e. The van der Waals surface area contributed by atoms with Crippen molar-refractivity contribution in [3.63, 3.8) is 0 Å². The van der Waals surface area contributed by atoms with Crippen LogP contribution in [0.25, 0.3) is 0 Å². The van der Waals surface area contributed by atoms with Gasteiger partial charge in [-0.1, -0.05) is 11.6 Å². The van der Waals surface area contributed by atoms with E-state index in [0.29, 0.717) is 16.4 Å². The lowest BCUT2D eigenvalue weighted by atomic mass is 10.1. The average molecular weight is 367 g/mol. The van der Waals surface area contributed by atoms with Gasteiger partial charge < -0.3 is 5.32 Å². The molecule has 102 valence electrons. The first-order valence-corrected chi connectivity index (χ1v) is 7.58. The Morgan fingerprint density at radius 2 is 2.11 bits per heavy atom. The highest BCUT2D eigenvalue weighted by molar-refractivity contribution is 9.10. The number of thiophene rings is 1. The first-order chi connectivity index (χ1) is 8.97. The van der Waals surface area contributed by atoms with Crippen LogP contribution >= 0.6 is 38.9 Å². The van der Waals surface area contributed by atoms with Gasteiger partial charge in [0.1, 0.15) is 16.0 Å². The zero-order chi connectivity index (χ0) is 14.0. The summed E-state index contributed by atoms with van der Waals surface area (Å²) in [6.07, 6.45) is 0. The van der Waals surface area contributed by atoms with Gasteiger partial charge in [-0.25, -0.2) is 8.78 Å². The normalized spacial score (nSPS) is 12.7. The molecule has 1 N–H and O–H groups in total. The van der Waals surface area contributed by atoms with Gasteiger partial charge in [-0.05, 0) is 47.1 Å². The molecule has 1 atom stereocenters. The average Bonchev–Trinajstić information content (AvgIpc) is 2.69. The third kappa shape index (κ3) is 3.75. The van der Waals surface area contributed by atoms with Gasteiger partial charge in [-0.3, -0.25) is 0 Å². The fraction of sp³-hybridized carbons (Fsp3) is 0.231. The molecule has 1 heterocycles. The summed E-state index contributed by atoms with van der Waals surface area (Å²) in [6, 6.07) is 5.10. The highest BCUT2D eigenvalue weighted by Crippen LogP contribution is 2.32. The molecule has 0 spiro atoms. The van der Waals surface area contributed by atoms with Crippen molar-refractivity contribution < 1.29 is 8.78 Å². The molecule has 0 saturated heterocycles. The van der Waals surface area contributed by atoms with Crippen LogP contribution in [-0.4, -0.2) is 0 Å². The molecule has 0 bridgehead atoms. The van der Waals surface area contributed by atoms with Gasteiger partial charge in [0, 0.05) is 27.5 Å². The standard InChI is InChI=1S/C13H11BrClF2NS/c1-7(10-4-8(16)2-3-12(10)17)18-6-9-5-11(14)13(15)19-9/h2-5,7,18H,6H2,1H3. The van der Waals surface area contributed by atoms with E-state index in [1.807, 2.05) is 6.07 Å². The monoisotopic (exact) mass is 365 g/mol. The highest BCUT2D eigenvalue weighted by Gasteiger charge is 2.12. The zero-order valence-electron chi connectivity index (χ0n) is 10.0. The highest BCUT2D eigenvalue weighted by atomic mass is 79.9. The van der Waals surface area contributed by atoms with Gasteiger partial charge in [0.05, 0.1) is 0 Å². The van der Waals surface area contributed by atoms with Crippen molar-refractivity contribution >= 4 is 38.9 Å². The first kappa shape index (κ1) is 14.9. The maximum absolute atomic E-state index is 13.6. The SMILES string of the molecule is CC(NCc1cc(Br)c(Cl)s1)c1cc(F)ccc1F. The van der Waals surface area contributed by atoms with Crippen LogP contribution in [-0.2, 0) is 6.54 Å². The summed E-state index contributed by atoms with van der Waals surface area (Å²) in [7, 11) is 0. The molecule has 1 aromatic carbocycles. The van der Waals surface area contributed by atoms with E-state index >= 15 is 0 Å². The predicted octanol–water partition coefficient (Wildman–Crippen LogP) is 5.29. The third-order valence-corrected chi connectivity index (χ3v) is 5.18. The summed E-state index contributed by atoms with van der Waals surface area (Å²) in [6.45, 7) is 2.34. The van der Waals surface area contributed by atoms with Crippen LogP contribution in [0, 0.1) is 11.6 Å². The second-order valence-electron chi connectivity index (χ2n) is 4.10. The summed E-state index contributed by atoms with van der Waals surface area (Å²) >= 11 is 10.7. The van der Waals surface area contributed by atoms with Crippen molar-refractivity contribution in [3.05, 3.63) is 55.1 Å². The molecular formula is C13H11BrClF2NS. The molecule has 2 rings (SSSR count). The maximum atomic E-state index is 13.6. The Hall–Kier alpha value is -0.490. The van der Waals surface area contributed by atoms with Gasteiger partial charge in [-0.2, -0.15) is 0 Å². The quantitative estimate of drug-likeness (QED) is 0.775. The smallest absolute Gasteiger partial charge is 0.128 e. The van der Waals surface area contributed by atoms with Gasteiger partial charge in [-0.15, -0.1) is 11.3 Å². The second kappa shape index (κ2) is 6.31. The molecule has 1 aromatic heterocycles. The molecule has 0 amide bonds. The molecule has 6 heteroatoms. The second-order valence-corrected chi connectivity index (χ2v) is 6.70. The minimum absolute atomic E-state index is 0.282. The largest absolute Gasteiger partial charge is 0.305 e. The van der Waals surface area contributed by atoms with E-state index < -0.39 is 11.6 Å². The summed E-state index contributed by atoms with van der Waals surface area (Å²) < 4.78 is 28.2. The van der Waals surface area contributed by atoms with E-state index in [2.05, 4.69) is 21.2 Å². The lowest BCUT2D eigenvalue weighted by Gasteiger charge is -2.14. The Labute approximate surface area is 127 Å². The summed E-state index contributed by atoms with van der Waals surface area (Å²) in [4.78, 5) is 1.03. The molecule has 0 aliphatic rings. The Morgan fingerprint density at radius 1 is 1.37 bits per heavy atom. The molecule has 1 nitrogen and oxygen atoms in total. The number of nitrogens with one attached hydrogen (secondary N) is 1. The minimum Gasteiger partial charge on any atom is -0.305 e. The van der Waals surface area contributed by atoms with Crippen LogP contribution in [0.1, 0.15) is 23.4 Å². The van der Waals surface area contributed by atoms with E-state index in [4.69, 9.17) is 11.6 Å². The van der Waals surface area contributed by atoms with E-state index in [1.165, 1.54) is 17.4 Å². The minimum atomic E-state index is -0.438. The molecule has 2 aromatic rings. The fourth-order valence-electron chi connectivity index (χ4n) is 1.69. The zero-order valence-corrected chi connectivity index (χ0v) is 13.2. The number of benzene rings is 1. The van der Waals surface area contributed by atoms with Crippen molar-refractivity contribution in [1.29, 1.82) is 0 Å². The summed E-state index contributed by atoms with van der Waals surface area (Å²) in [5, 5.41) is 3.15. The van der Waals surface area contributed by atoms with Gasteiger partial charge in [0.25, 0.3) is 0 Å². The Balaban J connectivity index is 2.04. The summed E-state index contributed by atoms with van der Waals surface area (Å²) in [5.74, 6) is -0.848. The molecule has 0 aliphatic heterocycles. The van der Waals surface area contributed by atoms with E-state index in [0.717, 1.165) is 21.5 Å². The Bertz CT molecular complexity index is 569. The molecule has 1 unspecified atom stereocenters. The summed E-state index contributed by atoms with van der Waals surface area (Å²) in [5.41, 5.74) is 0.321. The predicted molar refractivity (Wildman–Crippen MR) is 78.6 cm³/mol. The van der Waals surface area contributed by atoms with Crippen LogP contribution < -0.4 is 5.32 Å². The van der Waals surface area contributed by atoms with Crippen molar-refractivity contribution in [2.75, 3.05) is 0 Å². The van der Waals surface area contributed by atoms with Crippen LogP contribution in [0.4, 0.5) is 8.78 Å². The fourth-order valence-corrected chi connectivity index (χ4v) is 3.43. The molecule has 0 radical (unpaired) electrons. The van der Waals surface area contributed by atoms with E-state index in [1.54, 1.807) is 6.92 Å². The lowest BCUT2D eigenvalue weighted by Crippen LogP contribution is -2.18. The molecule has 0 saturated carbocycles. The first-order valence-electron chi connectivity index (χ1n) is 5.59. The van der Waals surface area contributed by atoms with E-state index in [-0.39, 0.29) is 6.04 Å². The molecule has 0 fully saturated rings. The van der Waals surface area contributed by atoms with Crippen LogP contribution in [0.15, 0.2) is 28.7 Å². The Kier molecular flexibility index (Phi) is 4.95. The van der Waals surface area contributed by atoms with Crippen LogP contribution in [0.2, 0.25) is 4.34 Å². The number of hydrogen-bond acceptors (Lipinski definition) is 2. The Morgan fingerprint density at radius 3 is 2.74 bits per heavy atom. The number of hydrogen-bond donors (Lipinski definition) is 1. The van der Waals surface area contributed by atoms with Crippen molar-refractivity contribution in [3.8, 4) is 0 Å². The molecule has 0 aliphatic carbocycles. The van der Waals surface area contributed by atoms with Crippen LogP contribution in [0.5, 0.6) is 0 Å². The van der Waals surface area contributed by atoms with Gasteiger partial charge >= 0.3 is 0 Å². The van der Waals surface area contributed by atoms with Crippen molar-refractivity contribution in [2.45, 2.75) is 19.5 Å². The van der Waals surface area contributed by atoms with Gasteiger partial charge in [0.15, 0.2) is 0 Å². The van der Waals surface area contributed by atoms with Crippen molar-refractivity contribution in [2.24, 2.45) is 0 Å². The van der Waals surface area contributed by atoms with Crippen LogP contribution in [0.3, 0.4) is 0 Å². The third-order valence-electron chi connectivity index (χ3n) is 2.70. The number of rotatable bonds is 4. The lowest BCUT2D eigenvalue weighted by molar-refractivity contribution is 0.520. The van der Waals surface area contributed by atoms with E-state index in [9.17, 15) is 8.78 Å². The van der Waals surface area contributed by atoms with Crippen molar-refractivity contribution in [1.82, 2.24) is 5.32 Å². The topological polar surface area (TPSA) is 12.0 Å². The molecule has 19 heavy (non-hydrogen) atoms. The number of halogens is 4. The molecular weight excluding hydrogens is 356 g/mol.